The van der Waals surface area contributed by atoms with E-state index < -0.39 is 0 Å². The molecule has 3 N–H and O–H groups in total. The van der Waals surface area contributed by atoms with Crippen molar-refractivity contribution >= 4 is 5.84 Å². The SMILES string of the molecule is c1ccc(COc2cncc(C3=NNNN3)c2)cc1. The summed E-state index contributed by atoms with van der Waals surface area (Å²) in [6.07, 6.45) is 3.40. The van der Waals surface area contributed by atoms with Crippen molar-refractivity contribution in [1.82, 2.24) is 21.5 Å². The number of aromatic nitrogens is 1. The van der Waals surface area contributed by atoms with Crippen LogP contribution < -0.4 is 21.2 Å². The van der Waals surface area contributed by atoms with Crippen LogP contribution in [0.1, 0.15) is 11.1 Å². The zero-order valence-corrected chi connectivity index (χ0v) is 10.1. The second-order valence-electron chi connectivity index (χ2n) is 4.01. The predicted octanol–water partition coefficient (Wildman–Crippen LogP) is 0.935. The number of hydrazine groups is 2. The lowest BCUT2D eigenvalue weighted by Gasteiger charge is -2.07. The number of hydrogen-bond acceptors (Lipinski definition) is 6. The van der Waals surface area contributed by atoms with Crippen LogP contribution in [0.4, 0.5) is 0 Å². The van der Waals surface area contributed by atoms with Crippen LogP contribution >= 0.6 is 0 Å². The van der Waals surface area contributed by atoms with Gasteiger partial charge < -0.3 is 4.74 Å². The summed E-state index contributed by atoms with van der Waals surface area (Å²) >= 11 is 0. The first-order valence-electron chi connectivity index (χ1n) is 5.88. The first-order chi connectivity index (χ1) is 9.42. The van der Waals surface area contributed by atoms with Crippen LogP contribution in [0.15, 0.2) is 53.9 Å². The Morgan fingerprint density at radius 2 is 2.00 bits per heavy atom. The number of pyridine rings is 1. The van der Waals surface area contributed by atoms with Crippen molar-refractivity contribution < 1.29 is 4.74 Å². The average molecular weight is 255 g/mol. The Labute approximate surface area is 110 Å². The molecule has 6 heteroatoms. The Morgan fingerprint density at radius 1 is 1.11 bits per heavy atom. The Balaban J connectivity index is 1.70. The zero-order valence-electron chi connectivity index (χ0n) is 10.1. The van der Waals surface area contributed by atoms with Crippen LogP contribution in [0.25, 0.3) is 0 Å². The summed E-state index contributed by atoms with van der Waals surface area (Å²) in [4.78, 5) is 4.14. The maximum atomic E-state index is 5.71. The van der Waals surface area contributed by atoms with Crippen molar-refractivity contribution in [2.75, 3.05) is 0 Å². The second kappa shape index (κ2) is 5.36. The summed E-state index contributed by atoms with van der Waals surface area (Å²) in [5.41, 5.74) is 10.1. The lowest BCUT2D eigenvalue weighted by Crippen LogP contribution is -2.35. The largest absolute Gasteiger partial charge is 0.487 e. The third-order valence-electron chi connectivity index (χ3n) is 2.64. The van der Waals surface area contributed by atoms with Gasteiger partial charge in [0, 0.05) is 11.8 Å². The number of amidine groups is 1. The fraction of sp³-hybridized carbons (Fsp3) is 0.0769. The van der Waals surface area contributed by atoms with E-state index in [-0.39, 0.29) is 0 Å². The third kappa shape index (κ3) is 2.80. The van der Waals surface area contributed by atoms with Crippen molar-refractivity contribution in [3.8, 4) is 5.75 Å². The molecule has 0 aliphatic carbocycles. The van der Waals surface area contributed by atoms with E-state index in [1.807, 2.05) is 36.4 Å². The molecule has 0 fully saturated rings. The van der Waals surface area contributed by atoms with E-state index in [1.165, 1.54) is 0 Å². The van der Waals surface area contributed by atoms with Crippen LogP contribution in [-0.2, 0) is 6.61 Å². The Morgan fingerprint density at radius 3 is 2.79 bits per heavy atom. The highest BCUT2D eigenvalue weighted by Gasteiger charge is 2.09. The molecule has 0 amide bonds. The fourth-order valence-electron chi connectivity index (χ4n) is 1.70. The van der Waals surface area contributed by atoms with Crippen LogP contribution in [0, 0.1) is 0 Å². The van der Waals surface area contributed by atoms with Crippen molar-refractivity contribution in [3.05, 3.63) is 59.9 Å². The van der Waals surface area contributed by atoms with Gasteiger partial charge in [0.2, 0.25) is 0 Å². The minimum Gasteiger partial charge on any atom is -0.487 e. The normalized spacial score (nSPS) is 13.4. The molecule has 0 atom stereocenters. The topological polar surface area (TPSA) is 70.6 Å². The number of ether oxygens (including phenoxy) is 1. The maximum Gasteiger partial charge on any atom is 0.172 e. The molecule has 19 heavy (non-hydrogen) atoms. The molecule has 0 unspecified atom stereocenters. The monoisotopic (exact) mass is 255 g/mol. The molecule has 6 nitrogen and oxygen atoms in total. The number of rotatable bonds is 4. The highest BCUT2D eigenvalue weighted by molar-refractivity contribution is 5.98. The zero-order chi connectivity index (χ0) is 12.9. The minimum absolute atomic E-state index is 0.516. The van der Waals surface area contributed by atoms with E-state index in [4.69, 9.17) is 4.74 Å². The van der Waals surface area contributed by atoms with E-state index in [2.05, 4.69) is 26.6 Å². The second-order valence-corrected chi connectivity index (χ2v) is 4.01. The molecule has 0 saturated carbocycles. The van der Waals surface area contributed by atoms with Gasteiger partial charge in [-0.05, 0) is 11.6 Å². The molecule has 2 aromatic rings. The molecule has 1 aliphatic rings. The van der Waals surface area contributed by atoms with Crippen LogP contribution in [0.2, 0.25) is 0 Å². The number of hydrogen-bond donors (Lipinski definition) is 3. The number of nitrogens with one attached hydrogen (secondary N) is 3. The Hall–Kier alpha value is -2.60. The minimum atomic E-state index is 0.516. The van der Waals surface area contributed by atoms with E-state index >= 15 is 0 Å². The molecule has 0 spiro atoms. The summed E-state index contributed by atoms with van der Waals surface area (Å²) in [7, 11) is 0. The summed E-state index contributed by atoms with van der Waals surface area (Å²) in [6, 6.07) is 11.9. The standard InChI is InChI=1S/C13H13N5O/c1-2-4-10(5-3-1)9-19-12-6-11(7-14-8-12)13-15-17-18-16-13/h1-8,17-18H,9H2,(H,15,16). The molecule has 1 aromatic carbocycles. The van der Waals surface area contributed by atoms with Crippen LogP contribution in [-0.4, -0.2) is 10.8 Å². The van der Waals surface area contributed by atoms with Gasteiger partial charge in [0.25, 0.3) is 0 Å². The van der Waals surface area contributed by atoms with Gasteiger partial charge in [-0.1, -0.05) is 30.3 Å². The fourth-order valence-corrected chi connectivity index (χ4v) is 1.70. The van der Waals surface area contributed by atoms with E-state index in [0.29, 0.717) is 18.2 Å². The molecular weight excluding hydrogens is 242 g/mol. The molecule has 0 bridgehead atoms. The van der Waals surface area contributed by atoms with Gasteiger partial charge in [-0.2, -0.15) is 0 Å². The molecule has 0 saturated heterocycles. The van der Waals surface area contributed by atoms with Gasteiger partial charge in [-0.25, -0.2) is 5.53 Å². The van der Waals surface area contributed by atoms with E-state index in [0.717, 1.165) is 11.1 Å². The first-order valence-corrected chi connectivity index (χ1v) is 5.88. The van der Waals surface area contributed by atoms with Gasteiger partial charge in [-0.3, -0.25) is 10.4 Å². The van der Waals surface area contributed by atoms with Crippen molar-refractivity contribution in [2.45, 2.75) is 6.61 Å². The maximum absolute atomic E-state index is 5.71. The van der Waals surface area contributed by atoms with Crippen molar-refractivity contribution in [3.63, 3.8) is 0 Å². The molecule has 96 valence electrons. The molecule has 2 heterocycles. The van der Waals surface area contributed by atoms with E-state index in [9.17, 15) is 0 Å². The van der Waals surface area contributed by atoms with Gasteiger partial charge in [0.1, 0.15) is 12.4 Å². The van der Waals surface area contributed by atoms with Crippen LogP contribution in [0.3, 0.4) is 0 Å². The molecular formula is C13H13N5O. The van der Waals surface area contributed by atoms with Gasteiger partial charge in [-0.15, -0.1) is 10.6 Å². The number of nitrogens with zero attached hydrogens (tertiary/aromatic N) is 2. The highest BCUT2D eigenvalue weighted by atomic mass is 16.5. The van der Waals surface area contributed by atoms with Crippen LogP contribution in [0.5, 0.6) is 5.75 Å². The Kier molecular flexibility index (Phi) is 3.24. The number of benzene rings is 1. The number of hydrazone groups is 1. The quantitative estimate of drug-likeness (QED) is 0.758. The van der Waals surface area contributed by atoms with E-state index in [1.54, 1.807) is 12.4 Å². The van der Waals surface area contributed by atoms with Crippen molar-refractivity contribution in [1.29, 1.82) is 0 Å². The highest BCUT2D eigenvalue weighted by Crippen LogP contribution is 2.13. The lowest BCUT2D eigenvalue weighted by molar-refractivity contribution is 0.305. The van der Waals surface area contributed by atoms with Crippen molar-refractivity contribution in [2.24, 2.45) is 5.10 Å². The summed E-state index contributed by atoms with van der Waals surface area (Å²) < 4.78 is 5.71. The van der Waals surface area contributed by atoms with Gasteiger partial charge in [0.15, 0.2) is 5.84 Å². The average Bonchev–Trinajstić information content (AvgIpc) is 3.01. The summed E-state index contributed by atoms with van der Waals surface area (Å²) in [6.45, 7) is 0.516. The molecule has 0 radical (unpaired) electrons. The third-order valence-corrected chi connectivity index (χ3v) is 2.64. The molecule has 1 aliphatic heterocycles. The summed E-state index contributed by atoms with van der Waals surface area (Å²) in [5.74, 6) is 1.38. The van der Waals surface area contributed by atoms with Gasteiger partial charge in [0.05, 0.1) is 6.20 Å². The lowest BCUT2D eigenvalue weighted by atomic mass is 10.2. The smallest absolute Gasteiger partial charge is 0.172 e. The molecule has 1 aromatic heterocycles. The predicted molar refractivity (Wildman–Crippen MR) is 71.0 cm³/mol. The first kappa shape index (κ1) is 11.5. The summed E-state index contributed by atoms with van der Waals surface area (Å²) in [5, 5.41) is 4.01. The Bertz CT molecular complexity index is 585. The van der Waals surface area contributed by atoms with Gasteiger partial charge >= 0.3 is 0 Å². The molecule has 3 rings (SSSR count).